The number of amides is 4. The number of anilines is 2. The van der Waals surface area contributed by atoms with Crippen LogP contribution in [0, 0.1) is 0 Å². The maximum absolute atomic E-state index is 12.7. The minimum Gasteiger partial charge on any atom is -0.324 e. The Labute approximate surface area is 222 Å². The molecular formula is C30H32N4O4. The fourth-order valence-corrected chi connectivity index (χ4v) is 4.40. The van der Waals surface area contributed by atoms with Crippen LogP contribution in [-0.4, -0.2) is 58.6 Å². The molecule has 2 atom stereocenters. The molecular weight excluding hydrogens is 480 g/mol. The molecule has 2 aromatic carbocycles. The first-order valence-electron chi connectivity index (χ1n) is 12.8. The van der Waals surface area contributed by atoms with Crippen LogP contribution in [0.5, 0.6) is 0 Å². The number of hydrogen-bond acceptors (Lipinski definition) is 4. The third-order valence-electron chi connectivity index (χ3n) is 6.52. The Kier molecular flexibility index (Phi) is 8.53. The van der Waals surface area contributed by atoms with Gasteiger partial charge in [-0.1, -0.05) is 74.6 Å². The van der Waals surface area contributed by atoms with Gasteiger partial charge in [0.25, 0.3) is 11.8 Å². The van der Waals surface area contributed by atoms with Crippen LogP contribution >= 0.6 is 0 Å². The molecule has 8 heteroatoms. The third kappa shape index (κ3) is 6.26. The smallest absolute Gasteiger partial charge is 0.251 e. The summed E-state index contributed by atoms with van der Waals surface area (Å²) in [7, 11) is 0. The van der Waals surface area contributed by atoms with Gasteiger partial charge in [0.05, 0.1) is 0 Å². The lowest BCUT2D eigenvalue weighted by Gasteiger charge is -2.23. The van der Waals surface area contributed by atoms with E-state index in [1.54, 1.807) is 35.8 Å². The zero-order valence-corrected chi connectivity index (χ0v) is 21.6. The molecule has 2 N–H and O–H groups in total. The molecule has 0 aromatic heterocycles. The van der Waals surface area contributed by atoms with Gasteiger partial charge in [0.1, 0.15) is 12.1 Å². The summed E-state index contributed by atoms with van der Waals surface area (Å²) < 4.78 is 0. The van der Waals surface area contributed by atoms with Crippen LogP contribution in [0.15, 0.2) is 72.8 Å². The fraction of sp³-hybridized carbons (Fsp3) is 0.267. The predicted molar refractivity (Wildman–Crippen MR) is 149 cm³/mol. The lowest BCUT2D eigenvalue weighted by molar-refractivity contribution is -0.135. The predicted octanol–water partition coefficient (Wildman–Crippen LogP) is 4.09. The minimum absolute atomic E-state index is 0.0490. The standard InChI is InChI=1S/C30H32N4O4/c1-3-27(35)33-19-5-7-25(33)29(37)31-23-15-11-21(12-16-23)9-10-22-13-17-24(18-14-22)32-30(38)26-8-6-20-34(26)28(36)4-2/h5-18,25-26H,3-4,19-20H2,1-2H3,(H,31,37)(H,32,38)/b10-9+. The van der Waals surface area contributed by atoms with Crippen LogP contribution < -0.4 is 10.6 Å². The van der Waals surface area contributed by atoms with Gasteiger partial charge >= 0.3 is 0 Å². The van der Waals surface area contributed by atoms with Gasteiger partial charge in [-0.05, 0) is 35.4 Å². The number of nitrogens with one attached hydrogen (secondary N) is 2. The zero-order chi connectivity index (χ0) is 27.1. The summed E-state index contributed by atoms with van der Waals surface area (Å²) >= 11 is 0. The number of carbonyl (C=O) groups is 4. The molecule has 0 spiro atoms. The van der Waals surface area contributed by atoms with Crippen molar-refractivity contribution >= 4 is 47.2 Å². The van der Waals surface area contributed by atoms with Gasteiger partial charge in [0.2, 0.25) is 11.8 Å². The summed E-state index contributed by atoms with van der Waals surface area (Å²) in [6.07, 6.45) is 11.8. The number of nitrogens with zero attached hydrogens (tertiary/aromatic N) is 2. The molecule has 0 saturated carbocycles. The van der Waals surface area contributed by atoms with Crippen molar-refractivity contribution in [2.75, 3.05) is 23.7 Å². The largest absolute Gasteiger partial charge is 0.324 e. The molecule has 8 nitrogen and oxygen atoms in total. The monoisotopic (exact) mass is 512 g/mol. The maximum Gasteiger partial charge on any atom is 0.251 e. The van der Waals surface area contributed by atoms with Gasteiger partial charge in [0.15, 0.2) is 0 Å². The van der Waals surface area contributed by atoms with Gasteiger partial charge in [-0.2, -0.15) is 0 Å². The van der Waals surface area contributed by atoms with E-state index < -0.39 is 12.1 Å². The number of rotatable bonds is 8. The molecule has 2 heterocycles. The molecule has 196 valence electrons. The second-order valence-corrected chi connectivity index (χ2v) is 9.10. The highest BCUT2D eigenvalue weighted by atomic mass is 16.2. The van der Waals surface area contributed by atoms with Crippen LogP contribution in [-0.2, 0) is 19.2 Å². The number of hydrogen-bond donors (Lipinski definition) is 2. The Morgan fingerprint density at radius 2 is 1.05 bits per heavy atom. The number of benzene rings is 2. The summed E-state index contributed by atoms with van der Waals surface area (Å²) in [6, 6.07) is 13.7. The van der Waals surface area contributed by atoms with Crippen molar-refractivity contribution in [3.05, 3.63) is 84.0 Å². The van der Waals surface area contributed by atoms with Crippen LogP contribution in [0.3, 0.4) is 0 Å². The lowest BCUT2D eigenvalue weighted by Crippen LogP contribution is -2.43. The average Bonchev–Trinajstić information content (AvgIpc) is 3.63. The molecule has 2 unspecified atom stereocenters. The first-order chi connectivity index (χ1) is 18.4. The first kappa shape index (κ1) is 26.6. The fourth-order valence-electron chi connectivity index (χ4n) is 4.40. The summed E-state index contributed by atoms with van der Waals surface area (Å²) in [6.45, 7) is 4.48. The second kappa shape index (κ2) is 12.2. The van der Waals surface area contributed by atoms with Crippen molar-refractivity contribution in [2.45, 2.75) is 38.8 Å². The molecule has 0 radical (unpaired) electrons. The van der Waals surface area contributed by atoms with E-state index in [2.05, 4.69) is 10.6 Å². The maximum atomic E-state index is 12.7. The van der Waals surface area contributed by atoms with Crippen molar-refractivity contribution in [3.8, 4) is 0 Å². The average molecular weight is 513 g/mol. The summed E-state index contributed by atoms with van der Waals surface area (Å²) in [5.74, 6) is -0.562. The van der Waals surface area contributed by atoms with Crippen molar-refractivity contribution in [1.29, 1.82) is 0 Å². The first-order valence-corrected chi connectivity index (χ1v) is 12.8. The molecule has 4 amide bonds. The van der Waals surface area contributed by atoms with Crippen molar-refractivity contribution in [3.63, 3.8) is 0 Å². The molecule has 0 bridgehead atoms. The molecule has 2 aliphatic heterocycles. The van der Waals surface area contributed by atoms with Gasteiger partial charge in [-0.25, -0.2) is 0 Å². The molecule has 2 aliphatic rings. The SMILES string of the molecule is CCC(=O)N1CC=CC1C(=O)Nc1ccc(/C=C/c2ccc(NC(=O)C3C=CCN3C(=O)CC)cc2)cc1. The van der Waals surface area contributed by atoms with Crippen LogP contribution in [0.25, 0.3) is 12.2 Å². The van der Waals surface area contributed by atoms with E-state index in [-0.39, 0.29) is 23.6 Å². The zero-order valence-electron chi connectivity index (χ0n) is 21.6. The second-order valence-electron chi connectivity index (χ2n) is 9.10. The van der Waals surface area contributed by atoms with Gasteiger partial charge in [0, 0.05) is 37.3 Å². The summed E-state index contributed by atoms with van der Waals surface area (Å²) in [4.78, 5) is 52.5. The van der Waals surface area contributed by atoms with E-state index in [4.69, 9.17) is 0 Å². The van der Waals surface area contributed by atoms with E-state index >= 15 is 0 Å². The Morgan fingerprint density at radius 3 is 1.39 bits per heavy atom. The van der Waals surface area contributed by atoms with E-state index in [0.717, 1.165) is 11.1 Å². The molecule has 0 fully saturated rings. The van der Waals surface area contributed by atoms with Crippen molar-refractivity contribution in [2.24, 2.45) is 0 Å². The van der Waals surface area contributed by atoms with E-state index in [1.165, 1.54) is 0 Å². The van der Waals surface area contributed by atoms with Crippen LogP contribution in [0.2, 0.25) is 0 Å². The highest BCUT2D eigenvalue weighted by molar-refractivity contribution is 6.00. The van der Waals surface area contributed by atoms with E-state index in [1.807, 2.05) is 72.8 Å². The Balaban J connectivity index is 1.30. The molecule has 2 aromatic rings. The van der Waals surface area contributed by atoms with Crippen LogP contribution in [0.1, 0.15) is 37.8 Å². The Morgan fingerprint density at radius 1 is 0.684 bits per heavy atom. The minimum atomic E-state index is -0.581. The highest BCUT2D eigenvalue weighted by Crippen LogP contribution is 2.19. The van der Waals surface area contributed by atoms with Crippen molar-refractivity contribution < 1.29 is 19.2 Å². The molecule has 0 saturated heterocycles. The molecule has 38 heavy (non-hydrogen) atoms. The van der Waals surface area contributed by atoms with Gasteiger partial charge < -0.3 is 20.4 Å². The third-order valence-corrected chi connectivity index (χ3v) is 6.52. The molecule has 4 rings (SSSR count). The quantitative estimate of drug-likeness (QED) is 0.411. The van der Waals surface area contributed by atoms with Gasteiger partial charge in [-0.3, -0.25) is 19.2 Å². The normalized spacial score (nSPS) is 18.3. The highest BCUT2D eigenvalue weighted by Gasteiger charge is 2.30. The topological polar surface area (TPSA) is 98.8 Å². The molecule has 0 aliphatic carbocycles. The Bertz CT molecular complexity index is 1180. The lowest BCUT2D eigenvalue weighted by atomic mass is 10.1. The van der Waals surface area contributed by atoms with E-state index in [9.17, 15) is 19.2 Å². The van der Waals surface area contributed by atoms with E-state index in [0.29, 0.717) is 37.3 Å². The summed E-state index contributed by atoms with van der Waals surface area (Å²) in [5.41, 5.74) is 3.23. The Hall–Kier alpha value is -4.46. The van der Waals surface area contributed by atoms with Crippen molar-refractivity contribution in [1.82, 2.24) is 9.80 Å². The van der Waals surface area contributed by atoms with Crippen LogP contribution in [0.4, 0.5) is 11.4 Å². The number of carbonyl (C=O) groups excluding carboxylic acids is 4. The van der Waals surface area contributed by atoms with Gasteiger partial charge in [-0.15, -0.1) is 0 Å². The summed E-state index contributed by atoms with van der Waals surface area (Å²) in [5, 5.41) is 5.76.